The van der Waals surface area contributed by atoms with Crippen LogP contribution >= 0.6 is 0 Å². The Bertz CT molecular complexity index is 1030. The number of benzene rings is 3. The summed E-state index contributed by atoms with van der Waals surface area (Å²) in [5, 5.41) is 11.0. The molecule has 0 radical (unpaired) electrons. The van der Waals surface area contributed by atoms with E-state index in [1.807, 2.05) is 42.5 Å². The van der Waals surface area contributed by atoms with Crippen LogP contribution in [0.15, 0.2) is 91.0 Å². The van der Waals surface area contributed by atoms with Gasteiger partial charge in [0.25, 0.3) is 0 Å². The van der Waals surface area contributed by atoms with E-state index in [1.54, 1.807) is 24.3 Å². The van der Waals surface area contributed by atoms with Crippen LogP contribution in [0.2, 0.25) is 0 Å². The van der Waals surface area contributed by atoms with Crippen LogP contribution in [0.4, 0.5) is 8.78 Å². The summed E-state index contributed by atoms with van der Waals surface area (Å²) < 4.78 is 27.4. The molecule has 150 valence electrons. The summed E-state index contributed by atoms with van der Waals surface area (Å²) in [5.41, 5.74) is 1.25. The number of hydrogen-bond donors (Lipinski definition) is 1. The minimum absolute atomic E-state index is 0.322. The van der Waals surface area contributed by atoms with E-state index in [0.717, 1.165) is 16.7 Å². The standard InChI is InChI=1S/C27H22F2O/c1-2-25(30)27(20-7-4-3-5-8-20)18-6-17-26(19-27,21-9-13-23(28)14-10-21)22-11-15-24(29)16-12-22/h1,3-16,18,25,30H,17,19H2. The topological polar surface area (TPSA) is 20.2 Å². The lowest BCUT2D eigenvalue weighted by Gasteiger charge is -2.47. The van der Waals surface area contributed by atoms with Crippen molar-refractivity contribution in [2.45, 2.75) is 29.8 Å². The first-order valence-corrected chi connectivity index (χ1v) is 9.90. The lowest BCUT2D eigenvalue weighted by atomic mass is 9.56. The predicted octanol–water partition coefficient (Wildman–Crippen LogP) is 5.53. The average Bonchev–Trinajstić information content (AvgIpc) is 2.80. The molecular weight excluding hydrogens is 378 g/mol. The van der Waals surface area contributed by atoms with Gasteiger partial charge in [-0.3, -0.25) is 0 Å². The summed E-state index contributed by atoms with van der Waals surface area (Å²) in [5.74, 6) is 1.87. The molecule has 0 saturated heterocycles. The Morgan fingerprint density at radius 1 is 0.800 bits per heavy atom. The zero-order chi connectivity index (χ0) is 21.2. The summed E-state index contributed by atoms with van der Waals surface area (Å²) in [6.07, 6.45) is 9.72. The van der Waals surface area contributed by atoms with Crippen molar-refractivity contribution in [2.24, 2.45) is 0 Å². The number of terminal acetylenes is 1. The smallest absolute Gasteiger partial charge is 0.127 e. The number of rotatable bonds is 4. The quantitative estimate of drug-likeness (QED) is 0.451. The van der Waals surface area contributed by atoms with Gasteiger partial charge in [0.1, 0.15) is 17.7 Å². The average molecular weight is 400 g/mol. The molecule has 3 aromatic rings. The molecule has 3 heteroatoms. The second-order valence-electron chi connectivity index (χ2n) is 7.85. The maximum atomic E-state index is 13.7. The molecule has 0 spiro atoms. The van der Waals surface area contributed by atoms with Crippen molar-refractivity contribution in [1.29, 1.82) is 0 Å². The lowest BCUT2D eigenvalue weighted by molar-refractivity contribution is 0.132. The van der Waals surface area contributed by atoms with Gasteiger partial charge in [-0.05, 0) is 53.8 Å². The zero-order valence-corrected chi connectivity index (χ0v) is 16.4. The maximum Gasteiger partial charge on any atom is 0.127 e. The Morgan fingerprint density at radius 2 is 1.33 bits per heavy atom. The number of allylic oxidation sites excluding steroid dienone is 1. The van der Waals surface area contributed by atoms with Crippen LogP contribution in [0.3, 0.4) is 0 Å². The number of aliphatic hydroxyl groups is 1. The second kappa shape index (κ2) is 7.89. The molecule has 1 aliphatic carbocycles. The number of aliphatic hydroxyl groups excluding tert-OH is 1. The Labute approximate surface area is 175 Å². The van der Waals surface area contributed by atoms with Gasteiger partial charge < -0.3 is 5.11 Å². The Morgan fingerprint density at radius 3 is 1.83 bits per heavy atom. The van der Waals surface area contributed by atoms with E-state index in [1.165, 1.54) is 24.3 Å². The van der Waals surface area contributed by atoms with E-state index in [4.69, 9.17) is 6.42 Å². The first kappa shape index (κ1) is 20.1. The highest BCUT2D eigenvalue weighted by Crippen LogP contribution is 2.51. The van der Waals surface area contributed by atoms with Crippen molar-refractivity contribution in [3.63, 3.8) is 0 Å². The number of hydrogen-bond acceptors (Lipinski definition) is 1. The summed E-state index contributed by atoms with van der Waals surface area (Å²) in [4.78, 5) is 0. The fourth-order valence-electron chi connectivity index (χ4n) is 4.69. The van der Waals surface area contributed by atoms with Crippen LogP contribution in [-0.4, -0.2) is 11.2 Å². The van der Waals surface area contributed by atoms with Gasteiger partial charge in [-0.1, -0.05) is 72.7 Å². The molecule has 1 N–H and O–H groups in total. The molecule has 0 bridgehead atoms. The molecule has 1 aliphatic rings. The third kappa shape index (κ3) is 3.34. The van der Waals surface area contributed by atoms with E-state index in [2.05, 4.69) is 5.92 Å². The highest BCUT2D eigenvalue weighted by molar-refractivity contribution is 5.48. The molecule has 0 saturated carbocycles. The van der Waals surface area contributed by atoms with Gasteiger partial charge in [0.2, 0.25) is 0 Å². The van der Waals surface area contributed by atoms with Crippen LogP contribution in [0.1, 0.15) is 29.5 Å². The van der Waals surface area contributed by atoms with E-state index < -0.39 is 16.9 Å². The van der Waals surface area contributed by atoms with Gasteiger partial charge in [0.05, 0.1) is 5.41 Å². The molecule has 4 rings (SSSR count). The fourth-order valence-corrected chi connectivity index (χ4v) is 4.69. The van der Waals surface area contributed by atoms with Gasteiger partial charge in [-0.2, -0.15) is 0 Å². The van der Waals surface area contributed by atoms with E-state index in [9.17, 15) is 13.9 Å². The van der Waals surface area contributed by atoms with Crippen molar-refractivity contribution in [3.8, 4) is 12.3 Å². The van der Waals surface area contributed by atoms with Crippen LogP contribution in [0.5, 0.6) is 0 Å². The molecular formula is C27H22F2O. The third-order valence-electron chi connectivity index (χ3n) is 6.23. The lowest BCUT2D eigenvalue weighted by Crippen LogP contribution is -2.46. The molecule has 0 aromatic heterocycles. The normalized spacial score (nSPS) is 21.0. The minimum Gasteiger partial charge on any atom is -0.379 e. The highest BCUT2D eigenvalue weighted by atomic mass is 19.1. The van der Waals surface area contributed by atoms with Crippen LogP contribution < -0.4 is 0 Å². The molecule has 3 aromatic carbocycles. The summed E-state index contributed by atoms with van der Waals surface area (Å²) in [6, 6.07) is 22.4. The molecule has 30 heavy (non-hydrogen) atoms. The summed E-state index contributed by atoms with van der Waals surface area (Å²) >= 11 is 0. The van der Waals surface area contributed by atoms with Crippen molar-refractivity contribution >= 4 is 0 Å². The van der Waals surface area contributed by atoms with Crippen molar-refractivity contribution in [3.05, 3.63) is 119 Å². The number of halogens is 2. The predicted molar refractivity (Wildman–Crippen MR) is 115 cm³/mol. The second-order valence-corrected chi connectivity index (χ2v) is 7.85. The summed E-state index contributed by atoms with van der Waals surface area (Å²) in [6.45, 7) is 0. The molecule has 2 atom stereocenters. The molecule has 1 nitrogen and oxygen atoms in total. The molecule has 2 unspecified atom stereocenters. The monoisotopic (exact) mass is 400 g/mol. The summed E-state index contributed by atoms with van der Waals surface area (Å²) in [7, 11) is 0. The van der Waals surface area contributed by atoms with Gasteiger partial charge in [-0.15, -0.1) is 6.42 Å². The largest absolute Gasteiger partial charge is 0.379 e. The Balaban J connectivity index is 1.95. The van der Waals surface area contributed by atoms with Crippen LogP contribution in [-0.2, 0) is 10.8 Å². The van der Waals surface area contributed by atoms with Crippen molar-refractivity contribution in [2.75, 3.05) is 0 Å². The molecule has 0 heterocycles. The highest BCUT2D eigenvalue weighted by Gasteiger charge is 2.48. The SMILES string of the molecule is C#CC(O)C1(c2ccccc2)C=CCC(c2ccc(F)cc2)(c2ccc(F)cc2)C1. The first-order chi connectivity index (χ1) is 14.5. The molecule has 0 amide bonds. The maximum absolute atomic E-state index is 13.7. The van der Waals surface area contributed by atoms with Gasteiger partial charge in [-0.25, -0.2) is 8.78 Å². The van der Waals surface area contributed by atoms with Crippen LogP contribution in [0, 0.1) is 24.0 Å². The van der Waals surface area contributed by atoms with Crippen molar-refractivity contribution in [1.82, 2.24) is 0 Å². The van der Waals surface area contributed by atoms with Gasteiger partial charge in [0.15, 0.2) is 0 Å². The Kier molecular flexibility index (Phi) is 5.28. The van der Waals surface area contributed by atoms with E-state index >= 15 is 0 Å². The van der Waals surface area contributed by atoms with E-state index in [-0.39, 0.29) is 11.6 Å². The zero-order valence-electron chi connectivity index (χ0n) is 16.4. The van der Waals surface area contributed by atoms with E-state index in [0.29, 0.717) is 12.8 Å². The molecule has 0 fully saturated rings. The third-order valence-corrected chi connectivity index (χ3v) is 6.23. The Hall–Kier alpha value is -3.22. The van der Waals surface area contributed by atoms with Gasteiger partial charge in [0, 0.05) is 5.41 Å². The first-order valence-electron chi connectivity index (χ1n) is 9.90. The fraction of sp³-hybridized carbons (Fsp3) is 0.185. The minimum atomic E-state index is -1.06. The van der Waals surface area contributed by atoms with Gasteiger partial charge >= 0.3 is 0 Å². The molecule has 0 aliphatic heterocycles. The van der Waals surface area contributed by atoms with Crippen molar-refractivity contribution < 1.29 is 13.9 Å². The van der Waals surface area contributed by atoms with Crippen LogP contribution in [0.25, 0.3) is 0 Å².